The van der Waals surface area contributed by atoms with Crippen molar-refractivity contribution >= 4 is 21.8 Å². The van der Waals surface area contributed by atoms with Crippen LogP contribution in [0.3, 0.4) is 0 Å². The average molecular weight is 290 g/mol. The first kappa shape index (κ1) is 14.1. The highest BCUT2D eigenvalue weighted by Gasteiger charge is 2.35. The number of hydrogen-bond acceptors (Lipinski definition) is 4. The number of nitrogens with zero attached hydrogens (tertiary/aromatic N) is 1. The second-order valence-corrected chi connectivity index (χ2v) is 7.32. The van der Waals surface area contributed by atoms with Gasteiger partial charge < -0.3 is 15.3 Å². The standard InChI is InChI=1S/C11H18N2O5S/c14-10(15)9-4-1-5-13(9)11(16)12-8-3-2-6-19(17,18)7-8/h8-9H,1-7H2,(H,12,16)(H,14,15)/t8?,9-/m0/s1. The van der Waals surface area contributed by atoms with Crippen LogP contribution in [0.2, 0.25) is 0 Å². The van der Waals surface area contributed by atoms with Gasteiger partial charge in [0.1, 0.15) is 6.04 Å². The third-order valence-corrected chi connectivity index (χ3v) is 5.41. The van der Waals surface area contributed by atoms with Crippen LogP contribution in [0.5, 0.6) is 0 Å². The lowest BCUT2D eigenvalue weighted by atomic mass is 10.2. The van der Waals surface area contributed by atoms with E-state index in [1.54, 1.807) is 0 Å². The summed E-state index contributed by atoms with van der Waals surface area (Å²) >= 11 is 0. The van der Waals surface area contributed by atoms with Gasteiger partial charge in [-0.2, -0.15) is 0 Å². The maximum absolute atomic E-state index is 12.0. The van der Waals surface area contributed by atoms with Gasteiger partial charge in [-0.3, -0.25) is 0 Å². The van der Waals surface area contributed by atoms with Crippen LogP contribution in [0.25, 0.3) is 0 Å². The molecule has 2 aliphatic rings. The molecule has 0 aromatic rings. The van der Waals surface area contributed by atoms with Crippen molar-refractivity contribution in [2.24, 2.45) is 0 Å². The second-order valence-electron chi connectivity index (χ2n) is 5.09. The molecule has 7 nitrogen and oxygen atoms in total. The average Bonchev–Trinajstić information content (AvgIpc) is 2.76. The highest BCUT2D eigenvalue weighted by Crippen LogP contribution is 2.18. The Balaban J connectivity index is 1.95. The van der Waals surface area contributed by atoms with Gasteiger partial charge in [-0.25, -0.2) is 18.0 Å². The predicted octanol–water partition coefficient (Wildman–Crippen LogP) is -0.178. The van der Waals surface area contributed by atoms with Gasteiger partial charge in [-0.15, -0.1) is 0 Å². The molecule has 19 heavy (non-hydrogen) atoms. The van der Waals surface area contributed by atoms with Crippen LogP contribution in [-0.2, 0) is 14.6 Å². The zero-order valence-corrected chi connectivity index (χ0v) is 11.4. The fourth-order valence-corrected chi connectivity index (χ4v) is 4.30. The van der Waals surface area contributed by atoms with Gasteiger partial charge in [0, 0.05) is 12.6 Å². The van der Waals surface area contributed by atoms with Crippen molar-refractivity contribution in [3.8, 4) is 0 Å². The maximum atomic E-state index is 12.0. The van der Waals surface area contributed by atoms with Gasteiger partial charge in [0.05, 0.1) is 11.5 Å². The summed E-state index contributed by atoms with van der Waals surface area (Å²) in [4.78, 5) is 24.3. The molecule has 2 amide bonds. The van der Waals surface area contributed by atoms with Crippen molar-refractivity contribution in [3.05, 3.63) is 0 Å². The third kappa shape index (κ3) is 3.37. The number of amides is 2. The largest absolute Gasteiger partial charge is 0.480 e. The number of nitrogens with one attached hydrogen (secondary N) is 1. The SMILES string of the molecule is O=C(O)[C@@H]1CCCN1C(=O)NC1CCCS(=O)(=O)C1. The summed E-state index contributed by atoms with van der Waals surface area (Å²) in [6.07, 6.45) is 2.27. The summed E-state index contributed by atoms with van der Waals surface area (Å²) in [5.74, 6) is -0.894. The number of carboxylic acid groups (broad SMARTS) is 1. The minimum Gasteiger partial charge on any atom is -0.480 e. The summed E-state index contributed by atoms with van der Waals surface area (Å²) < 4.78 is 23.0. The maximum Gasteiger partial charge on any atom is 0.326 e. The Morgan fingerprint density at radius 1 is 1.21 bits per heavy atom. The smallest absolute Gasteiger partial charge is 0.326 e. The van der Waals surface area contributed by atoms with E-state index in [2.05, 4.69) is 5.32 Å². The Hall–Kier alpha value is -1.31. The minimum absolute atomic E-state index is 0.0513. The topological polar surface area (TPSA) is 104 Å². The third-order valence-electron chi connectivity index (χ3n) is 3.59. The number of carbonyl (C=O) groups excluding carboxylic acids is 1. The van der Waals surface area contributed by atoms with Crippen LogP contribution in [0, 0.1) is 0 Å². The fourth-order valence-electron chi connectivity index (χ4n) is 2.66. The molecule has 0 spiro atoms. The Kier molecular flexibility index (Phi) is 3.98. The van der Waals surface area contributed by atoms with Crippen LogP contribution in [0.4, 0.5) is 4.79 Å². The molecule has 2 saturated heterocycles. The molecular weight excluding hydrogens is 272 g/mol. The predicted molar refractivity (Wildman–Crippen MR) is 67.6 cm³/mol. The van der Waals surface area contributed by atoms with Crippen molar-refractivity contribution in [2.75, 3.05) is 18.1 Å². The number of hydrogen-bond donors (Lipinski definition) is 2. The number of sulfone groups is 1. The van der Waals surface area contributed by atoms with Gasteiger partial charge in [-0.05, 0) is 25.7 Å². The van der Waals surface area contributed by atoms with Crippen LogP contribution in [-0.4, -0.2) is 60.6 Å². The highest BCUT2D eigenvalue weighted by atomic mass is 32.2. The van der Waals surface area contributed by atoms with Gasteiger partial charge in [-0.1, -0.05) is 0 Å². The molecule has 0 bridgehead atoms. The lowest BCUT2D eigenvalue weighted by Crippen LogP contribution is -2.51. The summed E-state index contributed by atoms with van der Waals surface area (Å²) in [7, 11) is -3.08. The summed E-state index contributed by atoms with van der Waals surface area (Å²) in [5.41, 5.74) is 0. The van der Waals surface area contributed by atoms with Crippen molar-refractivity contribution in [3.63, 3.8) is 0 Å². The van der Waals surface area contributed by atoms with E-state index in [4.69, 9.17) is 5.11 Å². The quantitative estimate of drug-likeness (QED) is 0.734. The number of rotatable bonds is 2. The molecule has 2 atom stereocenters. The molecule has 2 heterocycles. The molecule has 0 aliphatic carbocycles. The normalized spacial score (nSPS) is 30.0. The lowest BCUT2D eigenvalue weighted by molar-refractivity contribution is -0.141. The molecule has 0 saturated carbocycles. The Morgan fingerprint density at radius 2 is 1.95 bits per heavy atom. The molecule has 0 aromatic carbocycles. The zero-order chi connectivity index (χ0) is 14.0. The molecule has 1 unspecified atom stereocenters. The molecule has 108 valence electrons. The van der Waals surface area contributed by atoms with Crippen LogP contribution >= 0.6 is 0 Å². The van der Waals surface area contributed by atoms with E-state index in [0.29, 0.717) is 32.2 Å². The first-order valence-corrected chi connectivity index (χ1v) is 8.21. The Bertz CT molecular complexity index is 475. The van der Waals surface area contributed by atoms with E-state index in [1.165, 1.54) is 4.90 Å². The number of carboxylic acids is 1. The van der Waals surface area contributed by atoms with Gasteiger partial charge in [0.2, 0.25) is 0 Å². The van der Waals surface area contributed by atoms with Gasteiger partial charge in [0.15, 0.2) is 9.84 Å². The molecular formula is C11H18N2O5S. The van der Waals surface area contributed by atoms with Gasteiger partial charge >= 0.3 is 12.0 Å². The molecule has 2 rings (SSSR count). The zero-order valence-electron chi connectivity index (χ0n) is 10.5. The van der Waals surface area contributed by atoms with E-state index in [9.17, 15) is 18.0 Å². The van der Waals surface area contributed by atoms with Crippen LogP contribution in [0.15, 0.2) is 0 Å². The molecule has 2 aliphatic heterocycles. The summed E-state index contributed by atoms with van der Waals surface area (Å²) in [5, 5.41) is 11.6. The monoisotopic (exact) mass is 290 g/mol. The number of likely N-dealkylation sites (tertiary alicyclic amines) is 1. The first-order valence-electron chi connectivity index (χ1n) is 6.39. The Morgan fingerprint density at radius 3 is 2.58 bits per heavy atom. The van der Waals surface area contributed by atoms with Gasteiger partial charge in [0.25, 0.3) is 0 Å². The Labute approximate surface area is 111 Å². The highest BCUT2D eigenvalue weighted by molar-refractivity contribution is 7.91. The summed E-state index contributed by atoms with van der Waals surface area (Å²) in [6, 6.07) is -1.66. The van der Waals surface area contributed by atoms with E-state index in [0.717, 1.165) is 0 Å². The summed E-state index contributed by atoms with van der Waals surface area (Å²) in [6.45, 7) is 0.405. The first-order chi connectivity index (χ1) is 8.89. The van der Waals surface area contributed by atoms with Crippen LogP contribution in [0.1, 0.15) is 25.7 Å². The van der Waals surface area contributed by atoms with Crippen LogP contribution < -0.4 is 5.32 Å². The number of aliphatic carboxylic acids is 1. The van der Waals surface area contributed by atoms with E-state index < -0.39 is 33.9 Å². The van der Waals surface area contributed by atoms with Crippen molar-refractivity contribution in [1.29, 1.82) is 0 Å². The second kappa shape index (κ2) is 5.36. The molecule has 0 radical (unpaired) electrons. The van der Waals surface area contributed by atoms with E-state index in [1.807, 2.05) is 0 Å². The van der Waals surface area contributed by atoms with E-state index in [-0.39, 0.29) is 11.5 Å². The fraction of sp³-hybridized carbons (Fsp3) is 0.818. The number of urea groups is 1. The molecule has 8 heteroatoms. The van der Waals surface area contributed by atoms with Crippen molar-refractivity contribution in [1.82, 2.24) is 10.2 Å². The van der Waals surface area contributed by atoms with E-state index >= 15 is 0 Å². The minimum atomic E-state index is -3.08. The molecule has 2 N–H and O–H groups in total. The number of carbonyl (C=O) groups is 2. The molecule has 2 fully saturated rings. The molecule has 0 aromatic heterocycles. The lowest BCUT2D eigenvalue weighted by Gasteiger charge is -2.27. The van der Waals surface area contributed by atoms with Crippen molar-refractivity contribution in [2.45, 2.75) is 37.8 Å². The van der Waals surface area contributed by atoms with Crippen molar-refractivity contribution < 1.29 is 23.1 Å².